The number of aromatic amines is 1. The summed E-state index contributed by atoms with van der Waals surface area (Å²) in [4.78, 5) is 46.6. The molecule has 8 heteroatoms. The van der Waals surface area contributed by atoms with E-state index in [0.717, 1.165) is 11.3 Å². The second kappa shape index (κ2) is 10.2. The summed E-state index contributed by atoms with van der Waals surface area (Å²) in [6.07, 6.45) is 2.61. The van der Waals surface area contributed by atoms with Crippen molar-refractivity contribution in [2.45, 2.75) is 39.0 Å². The molecule has 1 aliphatic heterocycles. The van der Waals surface area contributed by atoms with Crippen LogP contribution >= 0.6 is 0 Å². The van der Waals surface area contributed by atoms with E-state index >= 15 is 0 Å². The number of Topliss-reactive ketones (excluding diaryl/α,β-unsaturated/α-hetero) is 1. The highest BCUT2D eigenvalue weighted by molar-refractivity contribution is 5.98. The third-order valence-electron chi connectivity index (χ3n) is 6.42. The average Bonchev–Trinajstić information content (AvgIpc) is 2.84. The molecule has 7 nitrogen and oxygen atoms in total. The Balaban J connectivity index is 1.27. The summed E-state index contributed by atoms with van der Waals surface area (Å²) >= 11 is 0. The molecule has 0 radical (unpaired) electrons. The molecule has 178 valence electrons. The molecule has 1 aromatic heterocycles. The lowest BCUT2D eigenvalue weighted by Crippen LogP contribution is -2.40. The van der Waals surface area contributed by atoms with Gasteiger partial charge in [-0.1, -0.05) is 0 Å². The van der Waals surface area contributed by atoms with Gasteiger partial charge in [0, 0.05) is 37.4 Å². The van der Waals surface area contributed by atoms with Gasteiger partial charge in [-0.05, 0) is 68.1 Å². The molecule has 1 saturated heterocycles. The van der Waals surface area contributed by atoms with Gasteiger partial charge in [0.1, 0.15) is 17.4 Å². The van der Waals surface area contributed by atoms with E-state index in [1.54, 1.807) is 13.2 Å². The number of hydrogen-bond donors (Lipinski definition) is 1. The fourth-order valence-corrected chi connectivity index (χ4v) is 4.50. The van der Waals surface area contributed by atoms with Gasteiger partial charge in [-0.15, -0.1) is 0 Å². The minimum absolute atomic E-state index is 0.0383. The number of nitrogens with zero attached hydrogens (tertiary/aromatic N) is 2. The number of likely N-dealkylation sites (tertiary alicyclic amines) is 1. The molecule has 1 N–H and O–H groups in total. The summed E-state index contributed by atoms with van der Waals surface area (Å²) in [7, 11) is 1.61. The van der Waals surface area contributed by atoms with E-state index in [0.29, 0.717) is 62.1 Å². The molecule has 0 atom stereocenters. The van der Waals surface area contributed by atoms with Crippen LogP contribution in [0.25, 0.3) is 10.9 Å². The third kappa shape index (κ3) is 5.16. The summed E-state index contributed by atoms with van der Waals surface area (Å²) < 4.78 is 18.6. The smallest absolute Gasteiger partial charge is 0.258 e. The van der Waals surface area contributed by atoms with Gasteiger partial charge in [-0.3, -0.25) is 14.4 Å². The molecule has 1 aliphatic rings. The first-order valence-electron chi connectivity index (χ1n) is 11.5. The summed E-state index contributed by atoms with van der Waals surface area (Å²) in [5.74, 6) is 0.821. The molecule has 2 aromatic carbocycles. The number of aromatic nitrogens is 2. The fourth-order valence-electron chi connectivity index (χ4n) is 4.50. The van der Waals surface area contributed by atoms with Crippen molar-refractivity contribution in [1.29, 1.82) is 0 Å². The molecule has 2 heterocycles. The number of hydrogen-bond acceptors (Lipinski definition) is 5. The number of H-pyrrole nitrogens is 1. The number of piperidine rings is 1. The number of amides is 1. The largest absolute Gasteiger partial charge is 0.496 e. The lowest BCUT2D eigenvalue weighted by atomic mass is 9.88. The van der Waals surface area contributed by atoms with E-state index in [4.69, 9.17) is 4.74 Å². The fraction of sp³-hybridized carbons (Fsp3) is 0.385. The van der Waals surface area contributed by atoms with E-state index in [1.165, 1.54) is 18.2 Å². The number of nitrogens with one attached hydrogen (secondary N) is 1. The molecular weight excluding hydrogens is 437 g/mol. The van der Waals surface area contributed by atoms with Crippen molar-refractivity contribution in [3.63, 3.8) is 0 Å². The number of ether oxygens (including phenoxy) is 1. The first-order chi connectivity index (χ1) is 16.4. The van der Waals surface area contributed by atoms with Crippen molar-refractivity contribution in [3.05, 3.63) is 69.5 Å². The topological polar surface area (TPSA) is 92.4 Å². The maximum Gasteiger partial charge on any atom is 0.258 e. The summed E-state index contributed by atoms with van der Waals surface area (Å²) in [6.45, 7) is 3.03. The predicted molar refractivity (Wildman–Crippen MR) is 127 cm³/mol. The minimum atomic E-state index is -0.484. The SMILES string of the molecule is COc1ccc(C(=O)C2CCN(C(=O)CCCc3nc4ccc(F)cc4c(=O)[nH]3)CC2)cc1C. The van der Waals surface area contributed by atoms with Crippen LogP contribution in [-0.2, 0) is 11.2 Å². The zero-order valence-corrected chi connectivity index (χ0v) is 19.4. The summed E-state index contributed by atoms with van der Waals surface area (Å²) in [6, 6.07) is 9.39. The molecule has 3 aromatic rings. The molecule has 1 fully saturated rings. The zero-order valence-electron chi connectivity index (χ0n) is 19.4. The predicted octanol–water partition coefficient (Wildman–Crippen LogP) is 3.82. The van der Waals surface area contributed by atoms with Crippen LogP contribution < -0.4 is 10.3 Å². The van der Waals surface area contributed by atoms with Crippen LogP contribution in [0.4, 0.5) is 4.39 Å². The Morgan fingerprint density at radius 2 is 1.94 bits per heavy atom. The maximum atomic E-state index is 13.3. The van der Waals surface area contributed by atoms with Gasteiger partial charge in [0.15, 0.2) is 5.78 Å². The van der Waals surface area contributed by atoms with Crippen LogP contribution in [0.1, 0.15) is 47.4 Å². The monoisotopic (exact) mass is 465 g/mol. The van der Waals surface area contributed by atoms with Crippen LogP contribution in [0, 0.1) is 18.7 Å². The van der Waals surface area contributed by atoms with Crippen molar-refractivity contribution >= 4 is 22.6 Å². The van der Waals surface area contributed by atoms with Gasteiger partial charge in [-0.2, -0.15) is 0 Å². The first-order valence-corrected chi connectivity index (χ1v) is 11.5. The van der Waals surface area contributed by atoms with E-state index in [9.17, 15) is 18.8 Å². The molecule has 34 heavy (non-hydrogen) atoms. The van der Waals surface area contributed by atoms with Crippen LogP contribution in [0.3, 0.4) is 0 Å². The number of benzene rings is 2. The normalized spacial score (nSPS) is 14.4. The number of ketones is 1. The Hall–Kier alpha value is -3.55. The zero-order chi connectivity index (χ0) is 24.2. The van der Waals surface area contributed by atoms with Gasteiger partial charge in [0.25, 0.3) is 5.56 Å². The van der Waals surface area contributed by atoms with E-state index in [1.807, 2.05) is 24.0 Å². The van der Waals surface area contributed by atoms with Crippen molar-refractivity contribution in [3.8, 4) is 5.75 Å². The number of aryl methyl sites for hydroxylation is 2. The molecule has 0 unspecified atom stereocenters. The molecule has 0 aliphatic carbocycles. The van der Waals surface area contributed by atoms with E-state index < -0.39 is 5.82 Å². The highest BCUT2D eigenvalue weighted by Crippen LogP contribution is 2.25. The van der Waals surface area contributed by atoms with Crippen LogP contribution in [-0.4, -0.2) is 46.8 Å². The highest BCUT2D eigenvalue weighted by atomic mass is 19.1. The van der Waals surface area contributed by atoms with Crippen molar-refractivity contribution in [1.82, 2.24) is 14.9 Å². The van der Waals surface area contributed by atoms with E-state index in [-0.39, 0.29) is 28.6 Å². The lowest BCUT2D eigenvalue weighted by molar-refractivity contribution is -0.132. The Labute approximate surface area is 197 Å². The summed E-state index contributed by atoms with van der Waals surface area (Å²) in [5, 5.41) is 0.210. The van der Waals surface area contributed by atoms with Gasteiger partial charge >= 0.3 is 0 Å². The number of methoxy groups -OCH3 is 1. The number of fused-ring (bicyclic) bond motifs is 1. The van der Waals surface area contributed by atoms with Gasteiger partial charge in [-0.25, -0.2) is 9.37 Å². The molecule has 0 bridgehead atoms. The van der Waals surface area contributed by atoms with Crippen LogP contribution in [0.15, 0.2) is 41.2 Å². The number of carbonyl (C=O) groups excluding carboxylic acids is 2. The van der Waals surface area contributed by atoms with Crippen LogP contribution in [0.5, 0.6) is 5.75 Å². The standard InChI is InChI=1S/C26H28FN3O4/c1-16-14-18(6-9-22(16)34-2)25(32)17-10-12-30(13-11-17)24(31)5-3-4-23-28-21-8-7-19(27)15-20(21)26(33)29-23/h6-9,14-15,17H,3-5,10-13H2,1-2H3,(H,28,29,33). The molecule has 1 amide bonds. The Morgan fingerprint density at radius 1 is 1.18 bits per heavy atom. The highest BCUT2D eigenvalue weighted by Gasteiger charge is 2.28. The average molecular weight is 466 g/mol. The molecule has 4 rings (SSSR count). The molecule has 0 saturated carbocycles. The van der Waals surface area contributed by atoms with Gasteiger partial charge < -0.3 is 14.6 Å². The quantitative estimate of drug-likeness (QED) is 0.536. The van der Waals surface area contributed by atoms with E-state index in [2.05, 4.69) is 9.97 Å². The summed E-state index contributed by atoms with van der Waals surface area (Å²) in [5.41, 5.74) is 1.66. The molecular formula is C26H28FN3O4. The second-order valence-electron chi connectivity index (χ2n) is 8.73. The Kier molecular flexibility index (Phi) is 7.05. The maximum absolute atomic E-state index is 13.3. The number of rotatable bonds is 7. The first kappa shape index (κ1) is 23.6. The number of carbonyl (C=O) groups is 2. The van der Waals surface area contributed by atoms with Crippen LogP contribution in [0.2, 0.25) is 0 Å². The Morgan fingerprint density at radius 3 is 2.65 bits per heavy atom. The third-order valence-corrected chi connectivity index (χ3v) is 6.42. The van der Waals surface area contributed by atoms with Crippen molar-refractivity contribution in [2.75, 3.05) is 20.2 Å². The minimum Gasteiger partial charge on any atom is -0.496 e. The molecule has 0 spiro atoms. The van der Waals surface area contributed by atoms with Crippen molar-refractivity contribution < 1.29 is 18.7 Å². The lowest BCUT2D eigenvalue weighted by Gasteiger charge is -2.31. The number of halogens is 1. The van der Waals surface area contributed by atoms with Gasteiger partial charge in [0.2, 0.25) is 5.91 Å². The second-order valence-corrected chi connectivity index (χ2v) is 8.73. The Bertz CT molecular complexity index is 1280. The van der Waals surface area contributed by atoms with Crippen molar-refractivity contribution in [2.24, 2.45) is 5.92 Å². The van der Waals surface area contributed by atoms with Gasteiger partial charge in [0.05, 0.1) is 18.0 Å².